The molecule has 0 spiro atoms. The Bertz CT molecular complexity index is 594. The Morgan fingerprint density at radius 3 is 2.89 bits per heavy atom. The van der Waals surface area contributed by atoms with Crippen LogP contribution in [-0.4, -0.2) is 25.8 Å². The van der Waals surface area contributed by atoms with Gasteiger partial charge in [0.2, 0.25) is 0 Å². The number of thioether (sulfide) groups is 1. The maximum Gasteiger partial charge on any atom is 0.164 e. The average Bonchev–Trinajstić information content (AvgIpc) is 3.11. The van der Waals surface area contributed by atoms with Crippen molar-refractivity contribution in [1.29, 1.82) is 0 Å². The average molecular weight is 260 g/mol. The highest BCUT2D eigenvalue weighted by atomic mass is 32.2. The summed E-state index contributed by atoms with van der Waals surface area (Å²) in [6, 6.07) is 0.623. The van der Waals surface area contributed by atoms with E-state index in [4.69, 9.17) is 0 Å². The summed E-state index contributed by atoms with van der Waals surface area (Å²) in [6.07, 6.45) is 11.2. The van der Waals surface area contributed by atoms with Crippen molar-refractivity contribution < 1.29 is 0 Å². The summed E-state index contributed by atoms with van der Waals surface area (Å²) in [5.74, 6) is 1.79. The van der Waals surface area contributed by atoms with Crippen molar-refractivity contribution in [3.63, 3.8) is 0 Å². The molecule has 0 radical (unpaired) electrons. The fraction of sp³-hybridized carbons (Fsp3) is 0.615. The van der Waals surface area contributed by atoms with Gasteiger partial charge in [-0.05, 0) is 37.4 Å². The van der Waals surface area contributed by atoms with Crippen LogP contribution in [0, 0.1) is 11.8 Å². The maximum absolute atomic E-state index is 4.53. The van der Waals surface area contributed by atoms with Crippen LogP contribution in [0.15, 0.2) is 17.7 Å². The van der Waals surface area contributed by atoms with E-state index in [0.717, 1.165) is 28.0 Å². The molecule has 2 aliphatic carbocycles. The van der Waals surface area contributed by atoms with Gasteiger partial charge >= 0.3 is 0 Å². The zero-order valence-corrected chi connectivity index (χ0v) is 11.2. The highest BCUT2D eigenvalue weighted by Crippen LogP contribution is 2.51. The van der Waals surface area contributed by atoms with Gasteiger partial charge in [0.1, 0.15) is 16.9 Å². The van der Waals surface area contributed by atoms with E-state index in [9.17, 15) is 0 Å². The van der Waals surface area contributed by atoms with Crippen molar-refractivity contribution in [2.45, 2.75) is 36.8 Å². The molecule has 2 aromatic heterocycles. The molecule has 0 saturated heterocycles. The standard InChI is InChI=1S/C13H16N4S/c1-18-13-11-12(14-6-15-13)17(7-16-11)10-5-8-2-3-9(10)4-8/h6-10H,2-5H2,1H3/t8-,9+,10+/m0/s1. The van der Waals surface area contributed by atoms with Crippen LogP contribution in [0.5, 0.6) is 0 Å². The molecule has 4 nitrogen and oxygen atoms in total. The van der Waals surface area contributed by atoms with Gasteiger partial charge in [-0.1, -0.05) is 6.42 Å². The Balaban J connectivity index is 1.82. The van der Waals surface area contributed by atoms with Crippen molar-refractivity contribution in [3.8, 4) is 0 Å². The van der Waals surface area contributed by atoms with E-state index >= 15 is 0 Å². The van der Waals surface area contributed by atoms with Gasteiger partial charge in [-0.2, -0.15) is 0 Å². The molecule has 2 heterocycles. The Hall–Kier alpha value is -1.10. The Kier molecular flexibility index (Phi) is 2.37. The van der Waals surface area contributed by atoms with Gasteiger partial charge in [-0.25, -0.2) is 15.0 Å². The SMILES string of the molecule is CSc1ncnc2c1ncn2[C@@H]1C[C@H]2CC[C@@H]1C2. The van der Waals surface area contributed by atoms with Crippen molar-refractivity contribution in [2.75, 3.05) is 6.26 Å². The lowest BCUT2D eigenvalue weighted by Gasteiger charge is -2.23. The first-order valence-electron chi connectivity index (χ1n) is 6.58. The lowest BCUT2D eigenvalue weighted by molar-refractivity contribution is 0.334. The van der Waals surface area contributed by atoms with Crippen molar-refractivity contribution >= 4 is 22.9 Å². The zero-order valence-electron chi connectivity index (χ0n) is 10.4. The highest BCUT2D eigenvalue weighted by molar-refractivity contribution is 7.98. The van der Waals surface area contributed by atoms with Crippen molar-refractivity contribution in [2.24, 2.45) is 11.8 Å². The third-order valence-corrected chi connectivity index (χ3v) is 5.26. The molecule has 0 N–H and O–H groups in total. The predicted molar refractivity (Wildman–Crippen MR) is 71.6 cm³/mol. The number of aromatic nitrogens is 4. The summed E-state index contributed by atoms with van der Waals surface area (Å²) in [7, 11) is 0. The highest BCUT2D eigenvalue weighted by Gasteiger charge is 2.41. The van der Waals surface area contributed by atoms with Gasteiger partial charge in [-0.15, -0.1) is 11.8 Å². The number of fused-ring (bicyclic) bond motifs is 3. The van der Waals surface area contributed by atoms with Crippen LogP contribution < -0.4 is 0 Å². The number of imidazole rings is 1. The van der Waals surface area contributed by atoms with Crippen LogP contribution in [0.3, 0.4) is 0 Å². The fourth-order valence-electron chi connectivity index (χ4n) is 3.77. The fourth-order valence-corrected chi connectivity index (χ4v) is 4.26. The van der Waals surface area contributed by atoms with Crippen LogP contribution in [-0.2, 0) is 0 Å². The first-order chi connectivity index (χ1) is 8.86. The Morgan fingerprint density at radius 2 is 2.17 bits per heavy atom. The molecule has 0 amide bonds. The first kappa shape index (κ1) is 10.8. The Labute approximate surface area is 110 Å². The van der Waals surface area contributed by atoms with E-state index in [-0.39, 0.29) is 0 Å². The second-order valence-corrected chi connectivity index (χ2v) is 6.24. The van der Waals surface area contributed by atoms with Crippen molar-refractivity contribution in [1.82, 2.24) is 19.5 Å². The predicted octanol–water partition coefficient (Wildman–Crippen LogP) is 2.91. The number of nitrogens with zero attached hydrogens (tertiary/aromatic N) is 4. The van der Waals surface area contributed by atoms with Crippen LogP contribution >= 0.6 is 11.8 Å². The number of hydrogen-bond donors (Lipinski definition) is 0. The minimum absolute atomic E-state index is 0.623. The summed E-state index contributed by atoms with van der Waals surface area (Å²) in [5.41, 5.74) is 1.99. The minimum Gasteiger partial charge on any atom is -0.312 e. The molecule has 0 aromatic carbocycles. The molecular weight excluding hydrogens is 244 g/mol. The summed E-state index contributed by atoms with van der Waals surface area (Å²) < 4.78 is 2.31. The third kappa shape index (κ3) is 1.43. The van der Waals surface area contributed by atoms with E-state index in [1.165, 1.54) is 25.7 Å². The summed E-state index contributed by atoms with van der Waals surface area (Å²) in [5, 5.41) is 0.988. The molecular formula is C13H16N4S. The second-order valence-electron chi connectivity index (χ2n) is 5.45. The molecule has 2 bridgehead atoms. The largest absolute Gasteiger partial charge is 0.312 e. The topological polar surface area (TPSA) is 43.6 Å². The summed E-state index contributed by atoms with van der Waals surface area (Å²) in [6.45, 7) is 0. The number of hydrogen-bond acceptors (Lipinski definition) is 4. The molecule has 2 fully saturated rings. The van der Waals surface area contributed by atoms with Gasteiger partial charge < -0.3 is 4.57 Å². The molecule has 94 valence electrons. The van der Waals surface area contributed by atoms with E-state index in [2.05, 4.69) is 19.5 Å². The zero-order chi connectivity index (χ0) is 12.1. The monoisotopic (exact) mass is 260 g/mol. The van der Waals surface area contributed by atoms with E-state index in [1.807, 2.05) is 12.6 Å². The lowest BCUT2D eigenvalue weighted by atomic mass is 9.95. The molecule has 2 aliphatic rings. The van der Waals surface area contributed by atoms with Gasteiger partial charge in [0.05, 0.1) is 6.33 Å². The quantitative estimate of drug-likeness (QED) is 0.615. The molecule has 5 heteroatoms. The molecule has 3 atom stereocenters. The molecule has 0 aliphatic heterocycles. The normalized spacial score (nSPS) is 30.4. The Morgan fingerprint density at radius 1 is 1.22 bits per heavy atom. The van der Waals surface area contributed by atoms with Gasteiger partial charge in [0.15, 0.2) is 5.65 Å². The summed E-state index contributed by atoms with van der Waals surface area (Å²) in [4.78, 5) is 13.3. The minimum atomic E-state index is 0.623. The van der Waals surface area contributed by atoms with Gasteiger partial charge in [-0.3, -0.25) is 0 Å². The van der Waals surface area contributed by atoms with E-state index in [0.29, 0.717) is 6.04 Å². The third-order valence-electron chi connectivity index (χ3n) is 4.58. The van der Waals surface area contributed by atoms with Crippen LogP contribution in [0.2, 0.25) is 0 Å². The molecule has 2 aromatic rings. The van der Waals surface area contributed by atoms with Crippen LogP contribution in [0.4, 0.5) is 0 Å². The summed E-state index contributed by atoms with van der Waals surface area (Å²) >= 11 is 1.64. The van der Waals surface area contributed by atoms with E-state index < -0.39 is 0 Å². The second kappa shape index (κ2) is 3.95. The number of rotatable bonds is 2. The molecule has 0 unspecified atom stereocenters. The molecule has 18 heavy (non-hydrogen) atoms. The molecule has 4 rings (SSSR count). The van der Waals surface area contributed by atoms with Crippen LogP contribution in [0.1, 0.15) is 31.7 Å². The lowest BCUT2D eigenvalue weighted by Crippen LogP contribution is -2.15. The van der Waals surface area contributed by atoms with Crippen LogP contribution in [0.25, 0.3) is 11.2 Å². The molecule has 2 saturated carbocycles. The maximum atomic E-state index is 4.53. The first-order valence-corrected chi connectivity index (χ1v) is 7.81. The van der Waals surface area contributed by atoms with E-state index in [1.54, 1.807) is 18.1 Å². The van der Waals surface area contributed by atoms with Gasteiger partial charge in [0, 0.05) is 6.04 Å². The smallest absolute Gasteiger partial charge is 0.164 e. The van der Waals surface area contributed by atoms with Gasteiger partial charge in [0.25, 0.3) is 0 Å². The van der Waals surface area contributed by atoms with Crippen molar-refractivity contribution in [3.05, 3.63) is 12.7 Å².